The summed E-state index contributed by atoms with van der Waals surface area (Å²) >= 11 is 0. The standard InChI is InChI=1S/C12H26N2O3S/c1-4-15-18(16-5-2,17-6-3)11-7-8-12-13-9-10-14-12/h4-11H2,1-3H3,(H,13,14). The average molecular weight is 278 g/mol. The van der Waals surface area contributed by atoms with Gasteiger partial charge in [0.15, 0.2) is 0 Å². The summed E-state index contributed by atoms with van der Waals surface area (Å²) in [5.74, 6) is 1.91. The normalized spacial score (nSPS) is 16.5. The van der Waals surface area contributed by atoms with E-state index in [2.05, 4.69) is 10.3 Å². The molecule has 0 spiro atoms. The van der Waals surface area contributed by atoms with Crippen molar-refractivity contribution in [2.45, 2.75) is 33.6 Å². The molecular formula is C12H26N2O3S. The Kier molecular flexibility index (Phi) is 7.65. The van der Waals surface area contributed by atoms with Crippen LogP contribution in [0.1, 0.15) is 33.6 Å². The van der Waals surface area contributed by atoms with Gasteiger partial charge in [0.2, 0.25) is 0 Å². The van der Waals surface area contributed by atoms with Crippen LogP contribution in [0.3, 0.4) is 0 Å². The lowest BCUT2D eigenvalue weighted by Gasteiger charge is -2.36. The fraction of sp³-hybridized carbons (Fsp3) is 0.917. The van der Waals surface area contributed by atoms with Crippen molar-refractivity contribution in [1.29, 1.82) is 0 Å². The van der Waals surface area contributed by atoms with Crippen LogP contribution in [0.2, 0.25) is 0 Å². The molecule has 18 heavy (non-hydrogen) atoms. The molecule has 0 saturated carbocycles. The Labute approximate surface area is 112 Å². The Bertz CT molecular complexity index is 245. The summed E-state index contributed by atoms with van der Waals surface area (Å²) in [5.41, 5.74) is 0. The van der Waals surface area contributed by atoms with E-state index in [1.165, 1.54) is 0 Å². The number of hydrogen-bond donors (Lipinski definition) is 1. The molecule has 1 aliphatic rings. The monoisotopic (exact) mass is 278 g/mol. The van der Waals surface area contributed by atoms with E-state index in [1.807, 2.05) is 20.8 Å². The van der Waals surface area contributed by atoms with Crippen LogP contribution in [0.5, 0.6) is 0 Å². The molecule has 0 aromatic rings. The first-order valence-electron chi connectivity index (χ1n) is 6.77. The first-order valence-corrected chi connectivity index (χ1v) is 8.35. The summed E-state index contributed by atoms with van der Waals surface area (Å²) in [4.78, 5) is 4.39. The molecule has 1 N–H and O–H groups in total. The first kappa shape index (κ1) is 15.8. The van der Waals surface area contributed by atoms with Crippen molar-refractivity contribution in [3.8, 4) is 0 Å². The van der Waals surface area contributed by atoms with Gasteiger partial charge >= 0.3 is 0 Å². The zero-order chi connectivity index (χ0) is 13.3. The van der Waals surface area contributed by atoms with Crippen LogP contribution in [-0.4, -0.2) is 44.5 Å². The number of nitrogens with zero attached hydrogens (tertiary/aromatic N) is 1. The van der Waals surface area contributed by atoms with Gasteiger partial charge in [0.1, 0.15) is 0 Å². The number of hydrogen-bond acceptors (Lipinski definition) is 5. The summed E-state index contributed by atoms with van der Waals surface area (Å²) < 4.78 is 17.3. The number of aliphatic imine (C=N–C) groups is 1. The van der Waals surface area contributed by atoms with E-state index in [4.69, 9.17) is 12.5 Å². The minimum atomic E-state index is -1.82. The lowest BCUT2D eigenvalue weighted by Crippen LogP contribution is -2.21. The molecule has 0 fully saturated rings. The highest BCUT2D eigenvalue weighted by Crippen LogP contribution is 2.52. The van der Waals surface area contributed by atoms with Crippen LogP contribution in [0, 0.1) is 0 Å². The number of nitrogens with one attached hydrogen (secondary N) is 1. The predicted molar refractivity (Wildman–Crippen MR) is 76.9 cm³/mol. The summed E-state index contributed by atoms with van der Waals surface area (Å²) in [6.07, 6.45) is 1.92. The Morgan fingerprint density at radius 3 is 2.17 bits per heavy atom. The zero-order valence-corrected chi connectivity index (χ0v) is 12.6. The van der Waals surface area contributed by atoms with E-state index in [0.717, 1.165) is 37.5 Å². The van der Waals surface area contributed by atoms with Crippen LogP contribution in [-0.2, 0) is 12.5 Å². The third kappa shape index (κ3) is 5.14. The summed E-state index contributed by atoms with van der Waals surface area (Å²) in [6, 6.07) is 0. The molecule has 0 amide bonds. The molecule has 1 heterocycles. The van der Waals surface area contributed by atoms with Gasteiger partial charge in [-0.1, -0.05) is 0 Å². The maximum absolute atomic E-state index is 5.75. The number of amidine groups is 1. The van der Waals surface area contributed by atoms with E-state index in [0.29, 0.717) is 19.8 Å². The van der Waals surface area contributed by atoms with Gasteiger partial charge in [-0.15, -0.1) is 0 Å². The minimum absolute atomic E-state index is 0.620. The van der Waals surface area contributed by atoms with Crippen molar-refractivity contribution < 1.29 is 12.5 Å². The van der Waals surface area contributed by atoms with Crippen LogP contribution < -0.4 is 5.32 Å². The first-order chi connectivity index (χ1) is 8.76. The molecule has 0 aliphatic carbocycles. The molecule has 5 nitrogen and oxygen atoms in total. The van der Waals surface area contributed by atoms with Gasteiger partial charge in [0, 0.05) is 18.7 Å². The summed E-state index contributed by atoms with van der Waals surface area (Å²) in [6.45, 7) is 9.65. The molecule has 6 heteroatoms. The van der Waals surface area contributed by atoms with E-state index in [-0.39, 0.29) is 0 Å². The molecule has 0 aromatic heterocycles. The molecule has 108 valence electrons. The smallest absolute Gasteiger partial charge is 0.0964 e. The predicted octanol–water partition coefficient (Wildman–Crippen LogP) is 2.43. The Balaban J connectivity index is 2.42. The average Bonchev–Trinajstić information content (AvgIpc) is 2.83. The van der Waals surface area contributed by atoms with Crippen molar-refractivity contribution >= 4 is 16.7 Å². The van der Waals surface area contributed by atoms with Gasteiger partial charge in [-0.3, -0.25) is 17.5 Å². The quantitative estimate of drug-likeness (QED) is 0.667. The topological polar surface area (TPSA) is 52.1 Å². The van der Waals surface area contributed by atoms with Gasteiger partial charge in [-0.25, -0.2) is 0 Å². The zero-order valence-electron chi connectivity index (χ0n) is 11.7. The molecular weight excluding hydrogens is 252 g/mol. The maximum Gasteiger partial charge on any atom is 0.0964 e. The van der Waals surface area contributed by atoms with Gasteiger partial charge in [-0.05, 0) is 27.2 Å². The summed E-state index contributed by atoms with van der Waals surface area (Å²) in [7, 11) is -1.82. The van der Waals surface area contributed by atoms with Crippen molar-refractivity contribution in [2.75, 3.05) is 38.7 Å². The Morgan fingerprint density at radius 1 is 1.11 bits per heavy atom. The minimum Gasteiger partial charge on any atom is -0.372 e. The van der Waals surface area contributed by atoms with E-state index >= 15 is 0 Å². The maximum atomic E-state index is 5.75. The van der Waals surface area contributed by atoms with Crippen LogP contribution in [0.25, 0.3) is 0 Å². The lowest BCUT2D eigenvalue weighted by molar-refractivity contribution is 0.185. The SMILES string of the molecule is CCOS(CCCC1=NCCN1)(OCC)OCC. The van der Waals surface area contributed by atoms with E-state index in [9.17, 15) is 0 Å². The fourth-order valence-electron chi connectivity index (χ4n) is 1.85. The van der Waals surface area contributed by atoms with E-state index in [1.54, 1.807) is 0 Å². The highest BCUT2D eigenvalue weighted by atomic mass is 32.3. The molecule has 0 saturated heterocycles. The van der Waals surface area contributed by atoms with Gasteiger partial charge in [0.25, 0.3) is 0 Å². The highest BCUT2D eigenvalue weighted by molar-refractivity contribution is 8.21. The van der Waals surface area contributed by atoms with E-state index < -0.39 is 10.9 Å². The molecule has 0 unspecified atom stereocenters. The van der Waals surface area contributed by atoms with Gasteiger partial charge in [0.05, 0.1) is 43.1 Å². The van der Waals surface area contributed by atoms with Crippen molar-refractivity contribution in [3.63, 3.8) is 0 Å². The van der Waals surface area contributed by atoms with Crippen LogP contribution >= 0.6 is 10.9 Å². The fourth-order valence-corrected chi connectivity index (χ4v) is 3.98. The second kappa shape index (κ2) is 8.74. The molecule has 0 bridgehead atoms. The molecule has 0 radical (unpaired) electrons. The lowest BCUT2D eigenvalue weighted by atomic mass is 10.3. The second-order valence-electron chi connectivity index (χ2n) is 3.84. The number of rotatable bonds is 10. The van der Waals surface area contributed by atoms with Gasteiger partial charge in [-0.2, -0.15) is 0 Å². The van der Waals surface area contributed by atoms with Gasteiger partial charge < -0.3 is 5.32 Å². The third-order valence-corrected chi connectivity index (χ3v) is 5.02. The van der Waals surface area contributed by atoms with Crippen LogP contribution in [0.4, 0.5) is 0 Å². The Morgan fingerprint density at radius 2 is 1.72 bits per heavy atom. The largest absolute Gasteiger partial charge is 0.372 e. The molecule has 0 atom stereocenters. The highest BCUT2D eigenvalue weighted by Gasteiger charge is 2.26. The molecule has 1 rings (SSSR count). The molecule has 0 aromatic carbocycles. The van der Waals surface area contributed by atoms with Crippen molar-refractivity contribution in [2.24, 2.45) is 4.99 Å². The second-order valence-corrected chi connectivity index (χ2v) is 6.07. The van der Waals surface area contributed by atoms with Crippen molar-refractivity contribution in [3.05, 3.63) is 0 Å². The Hall–Kier alpha value is -0.300. The summed E-state index contributed by atoms with van der Waals surface area (Å²) in [5, 5.41) is 3.28. The van der Waals surface area contributed by atoms with Crippen molar-refractivity contribution in [1.82, 2.24) is 5.32 Å². The molecule has 1 aliphatic heterocycles. The third-order valence-electron chi connectivity index (χ3n) is 2.44. The van der Waals surface area contributed by atoms with Crippen LogP contribution in [0.15, 0.2) is 4.99 Å².